The number of para-hydroxylation sites is 1. The Morgan fingerprint density at radius 1 is 1.16 bits per heavy atom. The maximum absolute atomic E-state index is 13.2. The molecule has 1 N–H and O–H groups in total. The fraction of sp³-hybridized carbons (Fsp3) is 0.684. The van der Waals surface area contributed by atoms with Gasteiger partial charge in [-0.2, -0.15) is 4.31 Å². The number of nitrogens with zero attached hydrogens (tertiary/aromatic N) is 1. The van der Waals surface area contributed by atoms with Gasteiger partial charge in [-0.15, -0.1) is 0 Å². The van der Waals surface area contributed by atoms with Crippen LogP contribution in [0.3, 0.4) is 0 Å². The van der Waals surface area contributed by atoms with E-state index in [-0.39, 0.29) is 10.9 Å². The number of hydrogen-bond donors (Lipinski definition) is 1. The van der Waals surface area contributed by atoms with Gasteiger partial charge in [-0.25, -0.2) is 8.42 Å². The summed E-state index contributed by atoms with van der Waals surface area (Å²) in [6.07, 6.45) is 8.23. The van der Waals surface area contributed by atoms with Gasteiger partial charge in [0.05, 0.1) is 7.11 Å². The lowest BCUT2D eigenvalue weighted by Gasteiger charge is -2.35. The predicted molar refractivity (Wildman–Crippen MR) is 102 cm³/mol. The molecule has 0 radical (unpaired) electrons. The lowest BCUT2D eigenvalue weighted by molar-refractivity contribution is 0.249. The Hall–Kier alpha value is -1.11. The number of piperazine rings is 1. The molecule has 25 heavy (non-hydrogen) atoms. The number of hydrogen-bond acceptors (Lipinski definition) is 4. The van der Waals surface area contributed by atoms with E-state index < -0.39 is 10.0 Å². The maximum atomic E-state index is 13.2. The molecule has 1 atom stereocenters. The van der Waals surface area contributed by atoms with E-state index in [9.17, 15) is 8.42 Å². The summed E-state index contributed by atoms with van der Waals surface area (Å²) in [6.45, 7) is 4.15. The Morgan fingerprint density at radius 3 is 2.64 bits per heavy atom. The lowest BCUT2D eigenvalue weighted by Crippen LogP contribution is -2.53. The zero-order valence-corrected chi connectivity index (χ0v) is 16.4. The molecule has 0 saturated carbocycles. The third-order valence-corrected chi connectivity index (χ3v) is 6.83. The Kier molecular flexibility index (Phi) is 8.19. The molecule has 1 aliphatic rings. The van der Waals surface area contributed by atoms with Crippen LogP contribution in [0.2, 0.25) is 0 Å². The van der Waals surface area contributed by atoms with Crippen LogP contribution < -0.4 is 10.1 Å². The highest BCUT2D eigenvalue weighted by Gasteiger charge is 2.34. The van der Waals surface area contributed by atoms with E-state index in [0.29, 0.717) is 18.8 Å². The first kappa shape index (κ1) is 20.2. The molecule has 5 nitrogen and oxygen atoms in total. The van der Waals surface area contributed by atoms with E-state index in [1.807, 2.05) is 0 Å². The smallest absolute Gasteiger partial charge is 0.247 e. The van der Waals surface area contributed by atoms with Gasteiger partial charge in [0.2, 0.25) is 10.0 Å². The number of benzene rings is 1. The molecule has 1 fully saturated rings. The highest BCUT2D eigenvalue weighted by atomic mass is 32.2. The number of rotatable bonds is 10. The molecule has 1 aliphatic heterocycles. The second-order valence-electron chi connectivity index (χ2n) is 6.68. The van der Waals surface area contributed by atoms with Crippen LogP contribution >= 0.6 is 0 Å². The minimum Gasteiger partial charge on any atom is -0.495 e. The Balaban J connectivity index is 2.03. The van der Waals surface area contributed by atoms with Crippen molar-refractivity contribution >= 4 is 10.0 Å². The van der Waals surface area contributed by atoms with Crippen molar-refractivity contribution < 1.29 is 13.2 Å². The highest BCUT2D eigenvalue weighted by Crippen LogP contribution is 2.29. The second-order valence-corrected chi connectivity index (χ2v) is 8.54. The van der Waals surface area contributed by atoms with Crippen LogP contribution in [0.4, 0.5) is 0 Å². The van der Waals surface area contributed by atoms with Gasteiger partial charge >= 0.3 is 0 Å². The summed E-state index contributed by atoms with van der Waals surface area (Å²) in [5.74, 6) is 0.416. The van der Waals surface area contributed by atoms with Gasteiger partial charge in [0, 0.05) is 25.7 Å². The van der Waals surface area contributed by atoms with Crippen molar-refractivity contribution in [2.75, 3.05) is 26.7 Å². The summed E-state index contributed by atoms with van der Waals surface area (Å²) in [5, 5.41) is 3.34. The molecule has 1 aromatic rings. The van der Waals surface area contributed by atoms with Crippen molar-refractivity contribution in [2.24, 2.45) is 0 Å². The largest absolute Gasteiger partial charge is 0.495 e. The van der Waals surface area contributed by atoms with Gasteiger partial charge in [-0.1, -0.05) is 57.6 Å². The molecule has 142 valence electrons. The van der Waals surface area contributed by atoms with Crippen molar-refractivity contribution in [1.82, 2.24) is 9.62 Å². The molecule has 1 heterocycles. The maximum Gasteiger partial charge on any atom is 0.247 e. The van der Waals surface area contributed by atoms with E-state index in [0.717, 1.165) is 19.4 Å². The normalized spacial score (nSPS) is 19.0. The molecular weight excluding hydrogens is 336 g/mol. The van der Waals surface area contributed by atoms with E-state index in [1.54, 1.807) is 28.6 Å². The first-order valence-corrected chi connectivity index (χ1v) is 10.9. The number of methoxy groups -OCH3 is 1. The zero-order valence-electron chi connectivity index (χ0n) is 15.5. The quantitative estimate of drug-likeness (QED) is 0.643. The molecule has 1 saturated heterocycles. The molecule has 1 unspecified atom stereocenters. The number of unbranched alkanes of at least 4 members (excludes halogenated alkanes) is 5. The topological polar surface area (TPSA) is 58.6 Å². The highest BCUT2D eigenvalue weighted by molar-refractivity contribution is 7.89. The number of ether oxygens (including phenoxy) is 1. The summed E-state index contributed by atoms with van der Waals surface area (Å²) in [7, 11) is -2.02. The summed E-state index contributed by atoms with van der Waals surface area (Å²) in [4.78, 5) is 0.271. The fourth-order valence-corrected chi connectivity index (χ4v) is 5.24. The average Bonchev–Trinajstić information content (AvgIpc) is 2.64. The van der Waals surface area contributed by atoms with Crippen molar-refractivity contribution in [1.29, 1.82) is 0 Å². The Bertz CT molecular complexity index is 619. The number of nitrogens with one attached hydrogen (secondary N) is 1. The standard InChI is InChI=1S/C19H32N2O3S/c1-3-4-5-6-7-8-11-17-16-20-14-15-21(17)25(22,23)19-13-10-9-12-18(19)24-2/h9-10,12-13,17,20H,3-8,11,14-16H2,1-2H3. The predicted octanol–water partition coefficient (Wildman–Crippen LogP) is 3.41. The van der Waals surface area contributed by atoms with Gasteiger partial charge in [-0.05, 0) is 18.6 Å². The second kappa shape index (κ2) is 10.1. The zero-order chi connectivity index (χ0) is 18.1. The third-order valence-electron chi connectivity index (χ3n) is 4.84. The van der Waals surface area contributed by atoms with Crippen LogP contribution in [0.25, 0.3) is 0 Å². The van der Waals surface area contributed by atoms with Crippen molar-refractivity contribution in [2.45, 2.75) is 62.8 Å². The van der Waals surface area contributed by atoms with Crippen molar-refractivity contribution in [3.05, 3.63) is 24.3 Å². The summed E-state index contributed by atoms with van der Waals surface area (Å²) in [6, 6.07) is 6.91. The van der Waals surface area contributed by atoms with Gasteiger partial charge < -0.3 is 10.1 Å². The van der Waals surface area contributed by atoms with E-state index in [1.165, 1.54) is 39.2 Å². The van der Waals surface area contributed by atoms with Crippen LogP contribution in [-0.4, -0.2) is 45.5 Å². The fourth-order valence-electron chi connectivity index (χ4n) is 3.42. The van der Waals surface area contributed by atoms with E-state index in [4.69, 9.17) is 4.74 Å². The summed E-state index contributed by atoms with van der Waals surface area (Å²) in [5.41, 5.74) is 0. The molecule has 0 aliphatic carbocycles. The molecule has 0 amide bonds. The van der Waals surface area contributed by atoms with Crippen LogP contribution in [0.1, 0.15) is 51.9 Å². The SMILES string of the molecule is CCCCCCCCC1CNCCN1S(=O)(=O)c1ccccc1OC. The van der Waals surface area contributed by atoms with Crippen molar-refractivity contribution in [3.63, 3.8) is 0 Å². The van der Waals surface area contributed by atoms with Crippen LogP contribution in [-0.2, 0) is 10.0 Å². The minimum atomic E-state index is -3.54. The summed E-state index contributed by atoms with van der Waals surface area (Å²) < 4.78 is 33.3. The number of sulfonamides is 1. The first-order valence-electron chi connectivity index (χ1n) is 9.46. The van der Waals surface area contributed by atoms with Gasteiger partial charge in [-0.3, -0.25) is 0 Å². The van der Waals surface area contributed by atoms with Gasteiger partial charge in [0.25, 0.3) is 0 Å². The lowest BCUT2D eigenvalue weighted by atomic mass is 10.0. The molecule has 6 heteroatoms. The van der Waals surface area contributed by atoms with Crippen molar-refractivity contribution in [3.8, 4) is 5.75 Å². The minimum absolute atomic E-state index is 0.0230. The van der Waals surface area contributed by atoms with E-state index >= 15 is 0 Å². The van der Waals surface area contributed by atoms with Crippen LogP contribution in [0.5, 0.6) is 5.75 Å². The first-order chi connectivity index (χ1) is 12.1. The average molecular weight is 369 g/mol. The molecule has 0 aromatic heterocycles. The van der Waals surface area contributed by atoms with E-state index in [2.05, 4.69) is 12.2 Å². The third kappa shape index (κ3) is 5.43. The molecule has 2 rings (SSSR count). The molecule has 1 aromatic carbocycles. The van der Waals surface area contributed by atoms with Crippen LogP contribution in [0, 0.1) is 0 Å². The summed E-state index contributed by atoms with van der Waals surface area (Å²) >= 11 is 0. The van der Waals surface area contributed by atoms with Crippen LogP contribution in [0.15, 0.2) is 29.2 Å². The van der Waals surface area contributed by atoms with Gasteiger partial charge in [0.1, 0.15) is 10.6 Å². The Morgan fingerprint density at radius 2 is 1.88 bits per heavy atom. The molecule has 0 bridgehead atoms. The Labute approximate surface area is 152 Å². The van der Waals surface area contributed by atoms with Gasteiger partial charge in [0.15, 0.2) is 0 Å². The monoisotopic (exact) mass is 368 g/mol. The molecular formula is C19H32N2O3S. The molecule has 0 spiro atoms.